The second-order valence-corrected chi connectivity index (χ2v) is 4.45. The summed E-state index contributed by atoms with van der Waals surface area (Å²) in [5.74, 6) is 0.964. The first kappa shape index (κ1) is 10.4. The van der Waals surface area contributed by atoms with Crippen LogP contribution < -0.4 is 5.32 Å². The van der Waals surface area contributed by atoms with E-state index >= 15 is 0 Å². The van der Waals surface area contributed by atoms with Crippen molar-refractivity contribution in [1.82, 2.24) is 10.3 Å². The minimum absolute atomic E-state index is 0.220. The monoisotopic (exact) mass is 222 g/mol. The van der Waals surface area contributed by atoms with E-state index in [0.717, 1.165) is 5.76 Å². The second-order valence-electron chi connectivity index (χ2n) is 3.53. The van der Waals surface area contributed by atoms with E-state index in [1.54, 1.807) is 17.6 Å². The van der Waals surface area contributed by atoms with Crippen molar-refractivity contribution in [1.29, 1.82) is 0 Å². The summed E-state index contributed by atoms with van der Waals surface area (Å²) in [6, 6.07) is 4.41. The van der Waals surface area contributed by atoms with Gasteiger partial charge in [0.2, 0.25) is 0 Å². The Bertz CT molecular complexity index is 344. The molecule has 15 heavy (non-hydrogen) atoms. The molecule has 3 nitrogen and oxygen atoms in total. The van der Waals surface area contributed by atoms with Crippen LogP contribution in [0.4, 0.5) is 0 Å². The van der Waals surface area contributed by atoms with Crippen LogP contribution in [-0.4, -0.2) is 4.98 Å². The maximum atomic E-state index is 5.34. The van der Waals surface area contributed by atoms with Crippen LogP contribution in [0.5, 0.6) is 0 Å². The molecule has 2 atom stereocenters. The molecule has 2 heterocycles. The third-order valence-electron chi connectivity index (χ3n) is 2.35. The molecule has 2 aromatic rings. The lowest BCUT2D eigenvalue weighted by atomic mass is 10.2. The highest BCUT2D eigenvalue weighted by molar-refractivity contribution is 7.09. The zero-order valence-electron chi connectivity index (χ0n) is 8.81. The summed E-state index contributed by atoms with van der Waals surface area (Å²) in [7, 11) is 0. The van der Waals surface area contributed by atoms with Gasteiger partial charge >= 0.3 is 0 Å². The van der Waals surface area contributed by atoms with Gasteiger partial charge < -0.3 is 9.73 Å². The molecule has 0 amide bonds. The van der Waals surface area contributed by atoms with Crippen molar-refractivity contribution < 1.29 is 4.42 Å². The van der Waals surface area contributed by atoms with Gasteiger partial charge in [-0.15, -0.1) is 11.3 Å². The zero-order valence-corrected chi connectivity index (χ0v) is 9.62. The Morgan fingerprint density at radius 1 is 1.40 bits per heavy atom. The Balaban J connectivity index is 1.98. The number of rotatable bonds is 4. The maximum absolute atomic E-state index is 5.34. The Morgan fingerprint density at radius 3 is 2.87 bits per heavy atom. The van der Waals surface area contributed by atoms with Crippen LogP contribution in [0.2, 0.25) is 0 Å². The van der Waals surface area contributed by atoms with Crippen molar-refractivity contribution in [2.24, 2.45) is 0 Å². The van der Waals surface area contributed by atoms with Crippen LogP contribution in [0.3, 0.4) is 0 Å². The SMILES string of the molecule is CC(N[C@H](C)c1ccco1)c1cncs1. The van der Waals surface area contributed by atoms with Gasteiger partial charge in [-0.1, -0.05) is 0 Å². The van der Waals surface area contributed by atoms with E-state index in [1.807, 2.05) is 23.8 Å². The normalized spacial score (nSPS) is 15.1. The average Bonchev–Trinajstić information content (AvgIpc) is 2.91. The second kappa shape index (κ2) is 4.59. The summed E-state index contributed by atoms with van der Waals surface area (Å²) in [6.45, 7) is 4.23. The lowest BCUT2D eigenvalue weighted by molar-refractivity contribution is 0.405. The molecular weight excluding hydrogens is 208 g/mol. The summed E-state index contributed by atoms with van der Waals surface area (Å²) in [5.41, 5.74) is 1.85. The Kier molecular flexibility index (Phi) is 3.18. The fraction of sp³-hybridized carbons (Fsp3) is 0.364. The van der Waals surface area contributed by atoms with Gasteiger partial charge in [-0.05, 0) is 26.0 Å². The molecule has 0 bridgehead atoms. The molecule has 0 spiro atoms. The zero-order chi connectivity index (χ0) is 10.7. The standard InChI is InChI=1S/C11H14N2OS/c1-8(10-4-3-5-14-10)13-9(2)11-6-12-7-15-11/h3-9,13H,1-2H3/t8-,9?/m1/s1. The summed E-state index contributed by atoms with van der Waals surface area (Å²) < 4.78 is 5.34. The van der Waals surface area contributed by atoms with Crippen LogP contribution in [0.25, 0.3) is 0 Å². The fourth-order valence-corrected chi connectivity index (χ4v) is 2.15. The number of thiazole rings is 1. The summed E-state index contributed by atoms with van der Waals surface area (Å²) >= 11 is 1.67. The summed E-state index contributed by atoms with van der Waals surface area (Å²) in [4.78, 5) is 5.31. The molecule has 4 heteroatoms. The minimum atomic E-state index is 0.220. The number of furan rings is 1. The van der Waals surface area contributed by atoms with E-state index in [1.165, 1.54) is 4.88 Å². The van der Waals surface area contributed by atoms with Crippen LogP contribution in [0.15, 0.2) is 34.5 Å². The molecule has 2 rings (SSSR count). The molecule has 1 N–H and O–H groups in total. The molecule has 0 aliphatic heterocycles. The third kappa shape index (κ3) is 2.46. The molecule has 0 saturated heterocycles. The van der Waals surface area contributed by atoms with Crippen LogP contribution >= 0.6 is 11.3 Å². The smallest absolute Gasteiger partial charge is 0.120 e. The molecule has 0 aliphatic rings. The van der Waals surface area contributed by atoms with Gasteiger partial charge in [0.25, 0.3) is 0 Å². The summed E-state index contributed by atoms with van der Waals surface area (Å²) in [6.07, 6.45) is 3.60. The lowest BCUT2D eigenvalue weighted by Crippen LogP contribution is -2.21. The minimum Gasteiger partial charge on any atom is -0.468 e. The van der Waals surface area contributed by atoms with Crippen molar-refractivity contribution in [3.8, 4) is 0 Å². The molecule has 80 valence electrons. The highest BCUT2D eigenvalue weighted by Gasteiger charge is 2.13. The van der Waals surface area contributed by atoms with Crippen molar-refractivity contribution in [3.05, 3.63) is 40.7 Å². The van der Waals surface area contributed by atoms with Crippen LogP contribution in [-0.2, 0) is 0 Å². The van der Waals surface area contributed by atoms with Gasteiger partial charge in [0.05, 0.1) is 17.8 Å². The van der Waals surface area contributed by atoms with Gasteiger partial charge in [0, 0.05) is 17.1 Å². The number of nitrogens with one attached hydrogen (secondary N) is 1. The van der Waals surface area contributed by atoms with E-state index in [-0.39, 0.29) is 6.04 Å². The predicted molar refractivity (Wildman–Crippen MR) is 60.8 cm³/mol. The molecule has 1 unspecified atom stereocenters. The third-order valence-corrected chi connectivity index (χ3v) is 3.31. The maximum Gasteiger partial charge on any atom is 0.120 e. The first-order chi connectivity index (χ1) is 7.27. The van der Waals surface area contributed by atoms with Gasteiger partial charge in [-0.2, -0.15) is 0 Å². The quantitative estimate of drug-likeness (QED) is 0.863. The molecular formula is C11H14N2OS. The highest BCUT2D eigenvalue weighted by Crippen LogP contribution is 2.21. The van der Waals surface area contributed by atoms with E-state index in [9.17, 15) is 0 Å². The predicted octanol–water partition coefficient (Wildman–Crippen LogP) is 3.15. The topological polar surface area (TPSA) is 38.1 Å². The van der Waals surface area contributed by atoms with E-state index in [4.69, 9.17) is 4.42 Å². The van der Waals surface area contributed by atoms with Gasteiger partial charge in [-0.3, -0.25) is 4.98 Å². The molecule has 0 fully saturated rings. The van der Waals surface area contributed by atoms with Gasteiger partial charge in [0.15, 0.2) is 0 Å². The molecule has 0 aliphatic carbocycles. The molecule has 2 aromatic heterocycles. The van der Waals surface area contributed by atoms with E-state index in [0.29, 0.717) is 6.04 Å². The van der Waals surface area contributed by atoms with Gasteiger partial charge in [-0.25, -0.2) is 0 Å². The fourth-order valence-electron chi connectivity index (χ4n) is 1.52. The molecule has 0 radical (unpaired) electrons. The number of aromatic nitrogens is 1. The molecule has 0 aromatic carbocycles. The summed E-state index contributed by atoms with van der Waals surface area (Å²) in [5, 5.41) is 3.46. The van der Waals surface area contributed by atoms with Crippen molar-refractivity contribution in [2.75, 3.05) is 0 Å². The van der Waals surface area contributed by atoms with Crippen molar-refractivity contribution in [3.63, 3.8) is 0 Å². The van der Waals surface area contributed by atoms with Crippen molar-refractivity contribution >= 4 is 11.3 Å². The van der Waals surface area contributed by atoms with E-state index < -0.39 is 0 Å². The number of nitrogens with zero attached hydrogens (tertiary/aromatic N) is 1. The highest BCUT2D eigenvalue weighted by atomic mass is 32.1. The largest absolute Gasteiger partial charge is 0.468 e. The average molecular weight is 222 g/mol. The van der Waals surface area contributed by atoms with Crippen LogP contribution in [0.1, 0.15) is 36.6 Å². The lowest BCUT2D eigenvalue weighted by Gasteiger charge is -2.16. The Morgan fingerprint density at radius 2 is 2.27 bits per heavy atom. The first-order valence-electron chi connectivity index (χ1n) is 4.95. The first-order valence-corrected chi connectivity index (χ1v) is 5.83. The Labute approximate surface area is 93.2 Å². The number of hydrogen-bond acceptors (Lipinski definition) is 4. The Hall–Kier alpha value is -1.13. The van der Waals surface area contributed by atoms with Gasteiger partial charge in [0.1, 0.15) is 5.76 Å². The van der Waals surface area contributed by atoms with Crippen molar-refractivity contribution in [2.45, 2.75) is 25.9 Å². The van der Waals surface area contributed by atoms with E-state index in [2.05, 4.69) is 24.1 Å². The number of hydrogen-bond donors (Lipinski definition) is 1. The molecule has 0 saturated carbocycles. The van der Waals surface area contributed by atoms with Crippen LogP contribution in [0, 0.1) is 0 Å².